The van der Waals surface area contributed by atoms with Crippen molar-refractivity contribution in [2.24, 2.45) is 0 Å². The van der Waals surface area contributed by atoms with Crippen molar-refractivity contribution in [1.29, 1.82) is 0 Å². The van der Waals surface area contributed by atoms with Crippen molar-refractivity contribution >= 4 is 26.5 Å². The van der Waals surface area contributed by atoms with Crippen LogP contribution in [0.1, 0.15) is 5.76 Å². The Morgan fingerprint density at radius 3 is 2.73 bits per heavy atom. The molecule has 0 saturated heterocycles. The molecule has 2 aromatic rings. The van der Waals surface area contributed by atoms with E-state index >= 15 is 0 Å². The molecule has 0 aliphatic rings. The number of benzene rings is 1. The van der Waals surface area contributed by atoms with Crippen molar-refractivity contribution in [3.63, 3.8) is 0 Å². The minimum Gasteiger partial charge on any atom is -0.460 e. The van der Waals surface area contributed by atoms with Gasteiger partial charge in [-0.2, -0.15) is 0 Å². The summed E-state index contributed by atoms with van der Waals surface area (Å²) in [4.78, 5) is 0. The number of hydrogen-bond donors (Lipinski definition) is 1. The number of furan rings is 1. The van der Waals surface area contributed by atoms with E-state index in [1.54, 1.807) is 24.3 Å². The molecule has 0 atom stereocenters. The predicted octanol–water partition coefficient (Wildman–Crippen LogP) is 1.56. The summed E-state index contributed by atoms with van der Waals surface area (Å²) in [5.74, 6) is 0.361. The van der Waals surface area contributed by atoms with Gasteiger partial charge in [0.25, 0.3) is 0 Å². The number of anilines is 1. The van der Waals surface area contributed by atoms with Crippen LogP contribution in [0.2, 0.25) is 0 Å². The first-order valence-corrected chi connectivity index (χ1v) is 6.46. The van der Waals surface area contributed by atoms with Crippen molar-refractivity contribution in [3.05, 3.63) is 30.0 Å². The van der Waals surface area contributed by atoms with Gasteiger partial charge in [0, 0.05) is 23.4 Å². The van der Waals surface area contributed by atoms with Crippen LogP contribution in [0.5, 0.6) is 0 Å². The Labute approximate surface area is 87.6 Å². The molecule has 0 radical (unpaired) electrons. The van der Waals surface area contributed by atoms with Crippen LogP contribution in [0.4, 0.5) is 5.69 Å². The maximum absolute atomic E-state index is 11.1. The predicted molar refractivity (Wildman–Crippen MR) is 59.2 cm³/mol. The summed E-state index contributed by atoms with van der Waals surface area (Å²) in [6, 6.07) is 6.96. The van der Waals surface area contributed by atoms with E-state index in [4.69, 9.17) is 10.2 Å². The molecule has 1 aromatic heterocycles. The van der Waals surface area contributed by atoms with E-state index in [2.05, 4.69) is 0 Å². The zero-order valence-electron chi connectivity index (χ0n) is 8.23. The molecule has 0 fully saturated rings. The van der Waals surface area contributed by atoms with Crippen molar-refractivity contribution in [1.82, 2.24) is 0 Å². The molecule has 80 valence electrons. The molecule has 1 aromatic carbocycles. The van der Waals surface area contributed by atoms with Crippen LogP contribution in [-0.4, -0.2) is 14.7 Å². The first-order valence-electron chi connectivity index (χ1n) is 4.40. The molecule has 0 spiro atoms. The Morgan fingerprint density at radius 1 is 1.33 bits per heavy atom. The molecule has 0 bridgehead atoms. The maximum atomic E-state index is 11.1. The fraction of sp³-hybridized carbons (Fsp3) is 0.200. The summed E-state index contributed by atoms with van der Waals surface area (Å²) in [5.41, 5.74) is 6.80. The quantitative estimate of drug-likeness (QED) is 0.787. The molecule has 0 aliphatic carbocycles. The van der Waals surface area contributed by atoms with E-state index in [0.717, 1.165) is 5.39 Å². The van der Waals surface area contributed by atoms with E-state index < -0.39 is 9.84 Å². The number of nitrogens with two attached hydrogens (primary N) is 1. The lowest BCUT2D eigenvalue weighted by Crippen LogP contribution is -1.98. The lowest BCUT2D eigenvalue weighted by Gasteiger charge is -1.92. The van der Waals surface area contributed by atoms with Crippen LogP contribution < -0.4 is 5.73 Å². The first kappa shape index (κ1) is 10.0. The van der Waals surface area contributed by atoms with E-state index in [0.29, 0.717) is 17.0 Å². The highest BCUT2D eigenvalue weighted by Gasteiger charge is 2.09. The van der Waals surface area contributed by atoms with Crippen LogP contribution in [0, 0.1) is 0 Å². The number of sulfone groups is 1. The molecule has 2 N–H and O–H groups in total. The van der Waals surface area contributed by atoms with E-state index in [-0.39, 0.29) is 5.75 Å². The van der Waals surface area contributed by atoms with Gasteiger partial charge in [-0.1, -0.05) is 0 Å². The minimum atomic E-state index is -3.06. The second-order valence-corrected chi connectivity index (χ2v) is 5.72. The summed E-state index contributed by atoms with van der Waals surface area (Å²) < 4.78 is 27.5. The van der Waals surface area contributed by atoms with Gasteiger partial charge in [0.2, 0.25) is 0 Å². The first-order chi connectivity index (χ1) is 6.94. The van der Waals surface area contributed by atoms with Gasteiger partial charge < -0.3 is 10.2 Å². The summed E-state index contributed by atoms with van der Waals surface area (Å²) >= 11 is 0. The van der Waals surface area contributed by atoms with Crippen LogP contribution in [0.3, 0.4) is 0 Å². The monoisotopic (exact) mass is 225 g/mol. The number of fused-ring (bicyclic) bond motifs is 1. The Balaban J connectivity index is 2.48. The number of rotatable bonds is 2. The van der Waals surface area contributed by atoms with Gasteiger partial charge >= 0.3 is 0 Å². The Bertz CT molecular complexity index is 598. The van der Waals surface area contributed by atoms with Gasteiger partial charge in [0.05, 0.1) is 0 Å². The molecular formula is C10H11NO3S. The van der Waals surface area contributed by atoms with Crippen LogP contribution >= 0.6 is 0 Å². The SMILES string of the molecule is CS(=O)(=O)Cc1cc2ccc(N)cc2o1. The van der Waals surface area contributed by atoms with Gasteiger partial charge in [-0.05, 0) is 18.2 Å². The highest BCUT2D eigenvalue weighted by atomic mass is 32.2. The van der Waals surface area contributed by atoms with E-state index in [9.17, 15) is 8.42 Å². The lowest BCUT2D eigenvalue weighted by molar-refractivity contribution is 0.557. The van der Waals surface area contributed by atoms with Crippen molar-refractivity contribution in [3.8, 4) is 0 Å². The zero-order valence-corrected chi connectivity index (χ0v) is 9.04. The number of nitrogen functional groups attached to an aromatic ring is 1. The molecule has 15 heavy (non-hydrogen) atoms. The second-order valence-electron chi connectivity index (χ2n) is 3.58. The van der Waals surface area contributed by atoms with Crippen molar-refractivity contribution in [2.45, 2.75) is 5.75 Å². The summed E-state index contributed by atoms with van der Waals surface area (Å²) in [5, 5.41) is 0.864. The van der Waals surface area contributed by atoms with Crippen LogP contribution in [0.25, 0.3) is 11.0 Å². The largest absolute Gasteiger partial charge is 0.460 e. The van der Waals surface area contributed by atoms with Gasteiger partial charge in [-0.3, -0.25) is 0 Å². The highest BCUT2D eigenvalue weighted by molar-refractivity contribution is 7.89. The molecule has 2 rings (SSSR count). The molecule has 0 saturated carbocycles. The van der Waals surface area contributed by atoms with E-state index in [1.807, 2.05) is 0 Å². The Morgan fingerprint density at radius 2 is 2.07 bits per heavy atom. The summed E-state index contributed by atoms with van der Waals surface area (Å²) in [6.45, 7) is 0. The number of hydrogen-bond acceptors (Lipinski definition) is 4. The van der Waals surface area contributed by atoms with Crippen LogP contribution in [0.15, 0.2) is 28.7 Å². The molecule has 0 aliphatic heterocycles. The Kier molecular flexibility index (Phi) is 2.19. The molecule has 4 nitrogen and oxygen atoms in total. The zero-order chi connectivity index (χ0) is 11.1. The van der Waals surface area contributed by atoms with Crippen molar-refractivity contribution < 1.29 is 12.8 Å². The topological polar surface area (TPSA) is 73.3 Å². The maximum Gasteiger partial charge on any atom is 0.154 e. The molecule has 0 amide bonds. The lowest BCUT2D eigenvalue weighted by atomic mass is 10.2. The molecule has 1 heterocycles. The van der Waals surface area contributed by atoms with Crippen molar-refractivity contribution in [2.75, 3.05) is 12.0 Å². The summed E-state index contributed by atoms with van der Waals surface area (Å²) in [6.07, 6.45) is 1.18. The normalized spacial score (nSPS) is 12.1. The fourth-order valence-corrected chi connectivity index (χ4v) is 2.09. The third-order valence-corrected chi connectivity index (χ3v) is 2.81. The second kappa shape index (κ2) is 3.27. The fourth-order valence-electron chi connectivity index (χ4n) is 1.43. The average molecular weight is 225 g/mol. The summed E-state index contributed by atoms with van der Waals surface area (Å²) in [7, 11) is -3.06. The van der Waals surface area contributed by atoms with Crippen LogP contribution in [-0.2, 0) is 15.6 Å². The highest BCUT2D eigenvalue weighted by Crippen LogP contribution is 2.22. The smallest absolute Gasteiger partial charge is 0.154 e. The average Bonchev–Trinajstić information content (AvgIpc) is 2.42. The third kappa shape index (κ3) is 2.30. The van der Waals surface area contributed by atoms with Gasteiger partial charge in [-0.25, -0.2) is 8.42 Å². The van der Waals surface area contributed by atoms with Gasteiger partial charge in [-0.15, -0.1) is 0 Å². The van der Waals surface area contributed by atoms with Gasteiger partial charge in [0.15, 0.2) is 9.84 Å². The third-order valence-electron chi connectivity index (χ3n) is 2.00. The minimum absolute atomic E-state index is 0.0818. The van der Waals surface area contributed by atoms with E-state index in [1.165, 1.54) is 6.26 Å². The molecule has 0 unspecified atom stereocenters. The standard InChI is InChI=1S/C10H11NO3S/c1-15(12,13)6-9-4-7-2-3-8(11)5-10(7)14-9/h2-5H,6,11H2,1H3. The molecular weight excluding hydrogens is 214 g/mol. The Hall–Kier alpha value is -1.49. The molecule has 5 heteroatoms. The van der Waals surface area contributed by atoms with Gasteiger partial charge in [0.1, 0.15) is 17.1 Å².